The fourth-order valence-corrected chi connectivity index (χ4v) is 1.05. The van der Waals surface area contributed by atoms with E-state index < -0.39 is 7.80 Å². The summed E-state index contributed by atoms with van der Waals surface area (Å²) in [4.78, 5) is 0. The molecule has 0 fully saturated rings. The maximum absolute atomic E-state index is 10.3. The fourth-order valence-electron chi connectivity index (χ4n) is 0.351. The molecule has 1 atom stereocenters. The monoisotopic (exact) mass is 121 g/mol. The maximum atomic E-state index is 10.3. The molecular formula is C4H12NOP. The van der Waals surface area contributed by atoms with Crippen LogP contribution in [0.2, 0.25) is 0 Å². The van der Waals surface area contributed by atoms with Crippen molar-refractivity contribution < 1.29 is 4.57 Å². The Morgan fingerprint density at radius 2 is 2.29 bits per heavy atom. The predicted molar refractivity (Wildman–Crippen MR) is 33.5 cm³/mol. The van der Waals surface area contributed by atoms with Gasteiger partial charge in [0.05, 0.1) is 7.80 Å². The first kappa shape index (κ1) is 7.19. The molecule has 0 bridgehead atoms. The van der Waals surface area contributed by atoms with E-state index in [9.17, 15) is 4.57 Å². The number of hydrogen-bond donors (Lipinski definition) is 1. The molecule has 0 saturated heterocycles. The van der Waals surface area contributed by atoms with Gasteiger partial charge in [-0.25, -0.2) is 0 Å². The molecule has 3 heteroatoms. The van der Waals surface area contributed by atoms with Gasteiger partial charge in [0.1, 0.15) is 0 Å². The third-order valence-electron chi connectivity index (χ3n) is 0.733. The number of rotatable bonds is 3. The molecule has 0 aliphatic carbocycles. The summed E-state index contributed by atoms with van der Waals surface area (Å²) in [5.41, 5.74) is 5.15. The van der Waals surface area contributed by atoms with Crippen molar-refractivity contribution in [2.45, 2.75) is 6.42 Å². The summed E-state index contributed by atoms with van der Waals surface area (Å²) in [6, 6.07) is 0. The van der Waals surface area contributed by atoms with Crippen LogP contribution < -0.4 is 5.73 Å². The van der Waals surface area contributed by atoms with Crippen LogP contribution in [0.5, 0.6) is 0 Å². The molecule has 1 unspecified atom stereocenters. The Labute approximate surface area is 44.9 Å². The molecular weight excluding hydrogens is 109 g/mol. The summed E-state index contributed by atoms with van der Waals surface area (Å²) in [6.45, 7) is 2.44. The molecule has 0 heterocycles. The van der Waals surface area contributed by atoms with Crippen molar-refractivity contribution in [2.75, 3.05) is 19.4 Å². The molecule has 7 heavy (non-hydrogen) atoms. The Hall–Kier alpha value is 0.190. The van der Waals surface area contributed by atoms with E-state index in [0.717, 1.165) is 12.6 Å². The molecule has 2 nitrogen and oxygen atoms in total. The lowest BCUT2D eigenvalue weighted by Crippen LogP contribution is -1.98. The molecule has 0 aliphatic rings. The molecule has 0 aromatic heterocycles. The zero-order valence-electron chi connectivity index (χ0n) is 4.61. The third kappa shape index (κ3) is 6.19. The van der Waals surface area contributed by atoms with Crippen molar-refractivity contribution in [2.24, 2.45) is 5.73 Å². The smallest absolute Gasteiger partial charge is 0.0733 e. The molecule has 2 N–H and O–H groups in total. The minimum absolute atomic E-state index is 0.671. The van der Waals surface area contributed by atoms with Crippen LogP contribution in [0.3, 0.4) is 0 Å². The molecule has 0 radical (unpaired) electrons. The van der Waals surface area contributed by atoms with Crippen molar-refractivity contribution in [3.8, 4) is 0 Å². The summed E-state index contributed by atoms with van der Waals surface area (Å²) in [7, 11) is -1.23. The normalized spacial score (nSPS) is 14.0. The molecule has 0 aromatic rings. The standard InChI is InChI=1S/C4H12NOP/c1-7(6)4-2-3-5/h7H,2-5H2,1H3. The Bertz CT molecular complexity index is 64.7. The highest BCUT2D eigenvalue weighted by Crippen LogP contribution is 2.12. The van der Waals surface area contributed by atoms with Crippen molar-refractivity contribution in [1.29, 1.82) is 0 Å². The summed E-state index contributed by atoms with van der Waals surface area (Å²) in [5, 5.41) is 0. The third-order valence-corrected chi connectivity index (χ3v) is 1.79. The molecule has 44 valence electrons. The summed E-state index contributed by atoms with van der Waals surface area (Å²) in [6.07, 6.45) is 1.73. The zero-order valence-corrected chi connectivity index (χ0v) is 5.61. The highest BCUT2D eigenvalue weighted by atomic mass is 31.1. The van der Waals surface area contributed by atoms with Crippen LogP contribution in [0.15, 0.2) is 0 Å². The van der Waals surface area contributed by atoms with Crippen LogP contribution in [0, 0.1) is 0 Å². The summed E-state index contributed by atoms with van der Waals surface area (Å²) >= 11 is 0. The largest absolute Gasteiger partial charge is 0.330 e. The first-order valence-electron chi connectivity index (χ1n) is 2.47. The molecule has 0 amide bonds. The highest BCUT2D eigenvalue weighted by Gasteiger charge is 1.85. The quantitative estimate of drug-likeness (QED) is 0.553. The fraction of sp³-hybridized carbons (Fsp3) is 1.00. The van der Waals surface area contributed by atoms with Gasteiger partial charge in [-0.05, 0) is 25.8 Å². The Kier molecular flexibility index (Phi) is 4.47. The van der Waals surface area contributed by atoms with Gasteiger partial charge in [0.15, 0.2) is 0 Å². The SMILES string of the molecule is C[PH](=O)CCCN. The lowest BCUT2D eigenvalue weighted by Gasteiger charge is -1.88. The highest BCUT2D eigenvalue weighted by molar-refractivity contribution is 7.43. The molecule has 0 aliphatic heterocycles. The minimum atomic E-state index is -1.23. The van der Waals surface area contributed by atoms with Crippen molar-refractivity contribution in [3.05, 3.63) is 0 Å². The van der Waals surface area contributed by atoms with Gasteiger partial charge in [0, 0.05) is 0 Å². The van der Waals surface area contributed by atoms with Gasteiger partial charge in [-0.15, -0.1) is 0 Å². The van der Waals surface area contributed by atoms with E-state index in [-0.39, 0.29) is 0 Å². The first-order valence-corrected chi connectivity index (χ1v) is 4.58. The maximum Gasteiger partial charge on any atom is 0.0733 e. The van der Waals surface area contributed by atoms with Crippen molar-refractivity contribution in [1.82, 2.24) is 0 Å². The van der Waals surface area contributed by atoms with E-state index in [1.165, 1.54) is 0 Å². The van der Waals surface area contributed by atoms with E-state index >= 15 is 0 Å². The molecule has 0 rings (SSSR count). The van der Waals surface area contributed by atoms with Crippen LogP contribution in [0.1, 0.15) is 6.42 Å². The molecule has 0 spiro atoms. The van der Waals surface area contributed by atoms with Gasteiger partial charge in [-0.2, -0.15) is 0 Å². The lowest BCUT2D eigenvalue weighted by atomic mass is 10.5. The van der Waals surface area contributed by atoms with E-state index in [0.29, 0.717) is 6.54 Å². The van der Waals surface area contributed by atoms with Crippen molar-refractivity contribution >= 4 is 7.80 Å². The van der Waals surface area contributed by atoms with Gasteiger partial charge < -0.3 is 10.3 Å². The predicted octanol–water partition coefficient (Wildman–Crippen LogP) is 0.525. The van der Waals surface area contributed by atoms with Crippen molar-refractivity contribution in [3.63, 3.8) is 0 Å². The Morgan fingerprint density at radius 1 is 1.71 bits per heavy atom. The number of nitrogens with two attached hydrogens (primary N) is 1. The van der Waals surface area contributed by atoms with Gasteiger partial charge in [-0.1, -0.05) is 0 Å². The lowest BCUT2D eigenvalue weighted by molar-refractivity contribution is 0.590. The van der Waals surface area contributed by atoms with Gasteiger partial charge in [-0.3, -0.25) is 0 Å². The second-order valence-electron chi connectivity index (χ2n) is 1.59. The molecule has 0 saturated carbocycles. The van der Waals surface area contributed by atoms with Crippen LogP contribution in [0.25, 0.3) is 0 Å². The van der Waals surface area contributed by atoms with E-state index in [4.69, 9.17) is 5.73 Å². The van der Waals surface area contributed by atoms with E-state index in [1.807, 2.05) is 0 Å². The summed E-state index contributed by atoms with van der Waals surface area (Å²) < 4.78 is 10.3. The number of hydrogen-bond acceptors (Lipinski definition) is 2. The summed E-state index contributed by atoms with van der Waals surface area (Å²) in [5.74, 6) is 0. The van der Waals surface area contributed by atoms with E-state index in [1.54, 1.807) is 6.66 Å². The second kappa shape index (κ2) is 4.35. The van der Waals surface area contributed by atoms with E-state index in [2.05, 4.69) is 0 Å². The van der Waals surface area contributed by atoms with Gasteiger partial charge >= 0.3 is 0 Å². The Balaban J connectivity index is 2.82. The zero-order chi connectivity index (χ0) is 5.70. The average Bonchev–Trinajstić information content (AvgIpc) is 1.61. The van der Waals surface area contributed by atoms with Gasteiger partial charge in [0.25, 0.3) is 0 Å². The second-order valence-corrected chi connectivity index (χ2v) is 3.50. The first-order chi connectivity index (χ1) is 3.27. The molecule has 0 aromatic carbocycles. The van der Waals surface area contributed by atoms with Gasteiger partial charge in [0.2, 0.25) is 0 Å². The minimum Gasteiger partial charge on any atom is -0.330 e. The average molecular weight is 121 g/mol. The topological polar surface area (TPSA) is 43.1 Å². The Morgan fingerprint density at radius 3 is 2.43 bits per heavy atom. The van der Waals surface area contributed by atoms with Crippen LogP contribution in [-0.4, -0.2) is 19.4 Å². The van der Waals surface area contributed by atoms with Crippen LogP contribution in [0.4, 0.5) is 0 Å². The van der Waals surface area contributed by atoms with Crippen LogP contribution >= 0.6 is 7.80 Å². The van der Waals surface area contributed by atoms with Crippen LogP contribution in [-0.2, 0) is 4.57 Å².